The largest absolute Gasteiger partial charge is 0.496 e. The molecule has 1 aromatic carbocycles. The molecule has 2 aromatic rings. The molecule has 0 fully saturated rings. The molecule has 0 spiro atoms. The Hall–Kier alpha value is -2.30. The van der Waals surface area contributed by atoms with Crippen LogP contribution in [0.4, 0.5) is 0 Å². The molecule has 5 nitrogen and oxygen atoms in total. The van der Waals surface area contributed by atoms with Gasteiger partial charge in [0.1, 0.15) is 11.6 Å². The van der Waals surface area contributed by atoms with Gasteiger partial charge in [-0.25, -0.2) is 0 Å². The van der Waals surface area contributed by atoms with Crippen molar-refractivity contribution >= 4 is 0 Å². The molecule has 0 unspecified atom stereocenters. The van der Waals surface area contributed by atoms with Crippen LogP contribution in [0.1, 0.15) is 5.56 Å². The molecule has 0 amide bonds. The average molecular weight is 232 g/mol. The van der Waals surface area contributed by atoms with Crippen molar-refractivity contribution in [2.45, 2.75) is 6.92 Å². The quantitative estimate of drug-likeness (QED) is 0.821. The maximum absolute atomic E-state index is 11.5. The van der Waals surface area contributed by atoms with E-state index < -0.39 is 0 Å². The van der Waals surface area contributed by atoms with Gasteiger partial charge in [0.2, 0.25) is 5.88 Å². The van der Waals surface area contributed by atoms with Crippen molar-refractivity contribution < 1.29 is 9.84 Å². The highest BCUT2D eigenvalue weighted by atomic mass is 16.5. The molecule has 0 aliphatic heterocycles. The molecule has 0 aliphatic carbocycles. The van der Waals surface area contributed by atoms with Crippen molar-refractivity contribution in [2.75, 3.05) is 7.11 Å². The molecule has 2 N–H and O–H groups in total. The van der Waals surface area contributed by atoms with Gasteiger partial charge in [-0.05, 0) is 19.1 Å². The summed E-state index contributed by atoms with van der Waals surface area (Å²) in [5.74, 6) is 0.601. The first-order valence-corrected chi connectivity index (χ1v) is 5.06. The number of aromatic nitrogens is 2. The minimum absolute atomic E-state index is 0.198. The number of nitrogens with zero attached hydrogens (tertiary/aromatic N) is 1. The van der Waals surface area contributed by atoms with E-state index in [0.717, 1.165) is 0 Å². The maximum atomic E-state index is 11.5. The molecule has 88 valence electrons. The summed E-state index contributed by atoms with van der Waals surface area (Å²) in [4.78, 5) is 18.1. The van der Waals surface area contributed by atoms with E-state index in [-0.39, 0.29) is 22.8 Å². The van der Waals surface area contributed by atoms with Gasteiger partial charge in [-0.2, -0.15) is 4.98 Å². The van der Waals surface area contributed by atoms with Gasteiger partial charge >= 0.3 is 0 Å². The van der Waals surface area contributed by atoms with Crippen molar-refractivity contribution in [1.29, 1.82) is 0 Å². The van der Waals surface area contributed by atoms with Gasteiger partial charge in [0.15, 0.2) is 0 Å². The van der Waals surface area contributed by atoms with Gasteiger partial charge in [0, 0.05) is 0 Å². The highest BCUT2D eigenvalue weighted by Crippen LogP contribution is 2.27. The van der Waals surface area contributed by atoms with E-state index in [2.05, 4.69) is 9.97 Å². The van der Waals surface area contributed by atoms with E-state index in [0.29, 0.717) is 11.3 Å². The third-order valence-corrected chi connectivity index (χ3v) is 2.49. The summed E-state index contributed by atoms with van der Waals surface area (Å²) >= 11 is 0. The lowest BCUT2D eigenvalue weighted by Crippen LogP contribution is -2.12. The van der Waals surface area contributed by atoms with Crippen LogP contribution >= 0.6 is 0 Å². The second-order valence-corrected chi connectivity index (χ2v) is 3.56. The van der Waals surface area contributed by atoms with Crippen molar-refractivity contribution in [2.24, 2.45) is 0 Å². The Kier molecular flexibility index (Phi) is 2.82. The zero-order valence-corrected chi connectivity index (χ0v) is 9.52. The Labute approximate surface area is 97.7 Å². The predicted molar refractivity (Wildman–Crippen MR) is 63.2 cm³/mol. The Morgan fingerprint density at radius 1 is 1.35 bits per heavy atom. The van der Waals surface area contributed by atoms with Crippen molar-refractivity contribution in [3.05, 3.63) is 40.2 Å². The van der Waals surface area contributed by atoms with E-state index in [4.69, 9.17) is 4.74 Å². The number of aromatic hydroxyl groups is 1. The van der Waals surface area contributed by atoms with Gasteiger partial charge in [0.05, 0.1) is 18.2 Å². The number of aromatic amines is 1. The van der Waals surface area contributed by atoms with Crippen LogP contribution < -0.4 is 10.3 Å². The van der Waals surface area contributed by atoms with Crippen molar-refractivity contribution in [3.8, 4) is 23.0 Å². The number of rotatable bonds is 2. The Bertz CT molecular complexity index is 605. The number of para-hydroxylation sites is 1. The van der Waals surface area contributed by atoms with Crippen LogP contribution in [-0.2, 0) is 0 Å². The number of benzene rings is 1. The zero-order valence-electron chi connectivity index (χ0n) is 9.52. The van der Waals surface area contributed by atoms with Crippen LogP contribution in [0.5, 0.6) is 11.6 Å². The van der Waals surface area contributed by atoms with Crippen LogP contribution in [-0.4, -0.2) is 22.2 Å². The summed E-state index contributed by atoms with van der Waals surface area (Å²) in [5, 5.41) is 9.53. The number of ether oxygens (including phenoxy) is 1. The summed E-state index contributed by atoms with van der Waals surface area (Å²) in [6, 6.07) is 7.13. The third kappa shape index (κ3) is 1.99. The molecule has 0 atom stereocenters. The molecule has 0 saturated carbocycles. The lowest BCUT2D eigenvalue weighted by atomic mass is 10.2. The fourth-order valence-corrected chi connectivity index (χ4v) is 1.49. The summed E-state index contributed by atoms with van der Waals surface area (Å²) in [6.07, 6.45) is 0. The minimum atomic E-state index is -0.363. The van der Waals surface area contributed by atoms with Crippen LogP contribution in [0.25, 0.3) is 11.4 Å². The van der Waals surface area contributed by atoms with Crippen LogP contribution in [0.3, 0.4) is 0 Å². The second kappa shape index (κ2) is 4.29. The number of hydrogen-bond donors (Lipinski definition) is 2. The number of H-pyrrole nitrogens is 1. The molecule has 0 saturated heterocycles. The number of methoxy groups -OCH3 is 1. The van der Waals surface area contributed by atoms with Gasteiger partial charge in [-0.15, -0.1) is 0 Å². The summed E-state index contributed by atoms with van der Waals surface area (Å²) < 4.78 is 5.17. The SMILES string of the molecule is COc1ccccc1-c1nc(O)c(C)c(=O)[nH]1. The highest BCUT2D eigenvalue weighted by Gasteiger charge is 2.11. The van der Waals surface area contributed by atoms with Crippen LogP contribution in [0.15, 0.2) is 29.1 Å². The topological polar surface area (TPSA) is 75.2 Å². The summed E-state index contributed by atoms with van der Waals surface area (Å²) in [7, 11) is 1.53. The first kappa shape index (κ1) is 11.2. The van der Waals surface area contributed by atoms with Gasteiger partial charge in [-0.3, -0.25) is 4.79 Å². The molecule has 0 bridgehead atoms. The number of nitrogens with one attached hydrogen (secondary N) is 1. The summed E-state index contributed by atoms with van der Waals surface area (Å²) in [5.41, 5.74) is 0.462. The van der Waals surface area contributed by atoms with Crippen LogP contribution in [0, 0.1) is 6.92 Å². The minimum Gasteiger partial charge on any atom is -0.496 e. The zero-order chi connectivity index (χ0) is 12.4. The summed E-state index contributed by atoms with van der Waals surface area (Å²) in [6.45, 7) is 1.51. The molecule has 1 heterocycles. The predicted octanol–water partition coefficient (Wildman–Crippen LogP) is 1.46. The lowest BCUT2D eigenvalue weighted by Gasteiger charge is -2.07. The lowest BCUT2D eigenvalue weighted by molar-refractivity contribution is 0.415. The second-order valence-electron chi connectivity index (χ2n) is 3.56. The Balaban J connectivity index is 2.65. The molecule has 5 heteroatoms. The van der Waals surface area contributed by atoms with Crippen molar-refractivity contribution in [3.63, 3.8) is 0 Å². The standard InChI is InChI=1S/C12H12N2O3/c1-7-11(15)13-10(14-12(7)16)8-5-3-4-6-9(8)17-2/h3-6H,1-2H3,(H2,13,14,15,16). The van der Waals surface area contributed by atoms with Crippen LogP contribution in [0.2, 0.25) is 0 Å². The molecule has 0 radical (unpaired) electrons. The first-order chi connectivity index (χ1) is 8.13. The monoisotopic (exact) mass is 232 g/mol. The Morgan fingerprint density at radius 3 is 2.71 bits per heavy atom. The highest BCUT2D eigenvalue weighted by molar-refractivity contribution is 5.64. The smallest absolute Gasteiger partial charge is 0.257 e. The van der Waals surface area contributed by atoms with Gasteiger partial charge in [-0.1, -0.05) is 12.1 Å². The van der Waals surface area contributed by atoms with Gasteiger partial charge in [0.25, 0.3) is 5.56 Å². The third-order valence-electron chi connectivity index (χ3n) is 2.49. The van der Waals surface area contributed by atoms with E-state index >= 15 is 0 Å². The fourth-order valence-electron chi connectivity index (χ4n) is 1.49. The van der Waals surface area contributed by atoms with E-state index in [1.54, 1.807) is 18.2 Å². The molecular weight excluding hydrogens is 220 g/mol. The average Bonchev–Trinajstić information content (AvgIpc) is 2.35. The van der Waals surface area contributed by atoms with Gasteiger partial charge < -0.3 is 14.8 Å². The normalized spacial score (nSPS) is 10.2. The number of hydrogen-bond acceptors (Lipinski definition) is 4. The maximum Gasteiger partial charge on any atom is 0.257 e. The van der Waals surface area contributed by atoms with E-state index in [9.17, 15) is 9.90 Å². The van der Waals surface area contributed by atoms with E-state index in [1.807, 2.05) is 6.07 Å². The molecule has 2 rings (SSSR count). The Morgan fingerprint density at radius 2 is 2.06 bits per heavy atom. The molecule has 17 heavy (non-hydrogen) atoms. The van der Waals surface area contributed by atoms with Crippen molar-refractivity contribution in [1.82, 2.24) is 9.97 Å². The molecular formula is C12H12N2O3. The first-order valence-electron chi connectivity index (χ1n) is 5.06. The fraction of sp³-hybridized carbons (Fsp3) is 0.167. The molecule has 0 aliphatic rings. The van der Waals surface area contributed by atoms with E-state index in [1.165, 1.54) is 14.0 Å². The molecule has 1 aromatic heterocycles.